The smallest absolute Gasteiger partial charge is 0.191 e. The van der Waals surface area contributed by atoms with Gasteiger partial charge in [-0.3, -0.25) is 4.99 Å². The van der Waals surface area contributed by atoms with Crippen LogP contribution in [0.2, 0.25) is 0 Å². The predicted octanol–water partition coefficient (Wildman–Crippen LogP) is 2.95. The summed E-state index contributed by atoms with van der Waals surface area (Å²) in [6, 6.07) is 10.7. The number of nitrogens with one attached hydrogen (secondary N) is 2. The summed E-state index contributed by atoms with van der Waals surface area (Å²) < 4.78 is 5.66. The molecule has 0 spiro atoms. The third kappa shape index (κ3) is 8.35. The molecule has 4 nitrogen and oxygen atoms in total. The molecule has 0 heterocycles. The summed E-state index contributed by atoms with van der Waals surface area (Å²) in [5, 5.41) is 6.67. The molecular formula is C17H29N3O. The Kier molecular flexibility index (Phi) is 9.29. The lowest BCUT2D eigenvalue weighted by Crippen LogP contribution is -2.42. The molecule has 1 unspecified atom stereocenters. The molecule has 0 aliphatic rings. The van der Waals surface area contributed by atoms with Gasteiger partial charge in [0.05, 0.1) is 6.61 Å². The minimum absolute atomic E-state index is 0.449. The molecule has 118 valence electrons. The minimum atomic E-state index is 0.449. The number of nitrogens with zero attached hydrogens (tertiary/aromatic N) is 1. The molecule has 1 aromatic carbocycles. The van der Waals surface area contributed by atoms with Crippen LogP contribution in [0.5, 0.6) is 0 Å². The number of unbranched alkanes of at least 4 members (excludes halogenated alkanes) is 1. The van der Waals surface area contributed by atoms with Crippen LogP contribution in [0.25, 0.3) is 0 Å². The maximum Gasteiger partial charge on any atom is 0.191 e. The van der Waals surface area contributed by atoms with Crippen LogP contribution in [0, 0.1) is 0 Å². The zero-order chi connectivity index (χ0) is 15.3. The Morgan fingerprint density at radius 2 is 2.00 bits per heavy atom. The zero-order valence-electron chi connectivity index (χ0n) is 13.6. The summed E-state index contributed by atoms with van der Waals surface area (Å²) >= 11 is 0. The largest absolute Gasteiger partial charge is 0.377 e. The van der Waals surface area contributed by atoms with Crippen LogP contribution in [-0.4, -0.2) is 32.2 Å². The number of guanidine groups is 1. The van der Waals surface area contributed by atoms with E-state index in [1.807, 2.05) is 18.2 Å². The lowest BCUT2D eigenvalue weighted by atomic mass is 10.2. The Labute approximate surface area is 129 Å². The summed E-state index contributed by atoms with van der Waals surface area (Å²) in [7, 11) is 1.81. The molecule has 0 fully saturated rings. The first-order chi connectivity index (χ1) is 10.3. The van der Waals surface area contributed by atoms with Gasteiger partial charge in [-0.2, -0.15) is 0 Å². The molecule has 1 rings (SSSR count). The van der Waals surface area contributed by atoms with E-state index in [1.54, 1.807) is 7.05 Å². The van der Waals surface area contributed by atoms with Crippen molar-refractivity contribution in [1.82, 2.24) is 10.6 Å². The Balaban J connectivity index is 2.01. The van der Waals surface area contributed by atoms with E-state index in [0.29, 0.717) is 12.6 Å². The molecule has 0 amide bonds. The number of benzene rings is 1. The van der Waals surface area contributed by atoms with Crippen molar-refractivity contribution in [2.45, 2.75) is 45.8 Å². The molecule has 0 saturated carbocycles. The Morgan fingerprint density at radius 3 is 2.67 bits per heavy atom. The van der Waals surface area contributed by atoms with Gasteiger partial charge in [0.15, 0.2) is 5.96 Å². The third-order valence-corrected chi connectivity index (χ3v) is 3.34. The molecule has 0 saturated heterocycles. The Hall–Kier alpha value is -1.55. The van der Waals surface area contributed by atoms with Gasteiger partial charge in [-0.25, -0.2) is 0 Å². The summed E-state index contributed by atoms with van der Waals surface area (Å²) in [4.78, 5) is 4.21. The fraction of sp³-hybridized carbons (Fsp3) is 0.588. The van der Waals surface area contributed by atoms with Crippen molar-refractivity contribution in [3.8, 4) is 0 Å². The van der Waals surface area contributed by atoms with Crippen LogP contribution in [0.4, 0.5) is 0 Å². The fourth-order valence-electron chi connectivity index (χ4n) is 1.83. The van der Waals surface area contributed by atoms with E-state index in [9.17, 15) is 0 Å². The highest BCUT2D eigenvalue weighted by Gasteiger charge is 2.01. The van der Waals surface area contributed by atoms with Crippen LogP contribution in [-0.2, 0) is 11.3 Å². The first kappa shape index (κ1) is 17.5. The first-order valence-electron chi connectivity index (χ1n) is 7.85. The highest BCUT2D eigenvalue weighted by Crippen LogP contribution is 2.01. The number of aliphatic imine (C=N–C) groups is 1. The van der Waals surface area contributed by atoms with Gasteiger partial charge >= 0.3 is 0 Å². The van der Waals surface area contributed by atoms with E-state index >= 15 is 0 Å². The van der Waals surface area contributed by atoms with Crippen molar-refractivity contribution < 1.29 is 4.74 Å². The number of ether oxygens (including phenoxy) is 1. The molecule has 1 aromatic rings. The second-order valence-corrected chi connectivity index (χ2v) is 5.20. The van der Waals surface area contributed by atoms with Gasteiger partial charge in [-0.1, -0.05) is 37.3 Å². The average molecular weight is 291 g/mol. The summed E-state index contributed by atoms with van der Waals surface area (Å²) in [6.07, 6.45) is 3.23. The second kappa shape index (κ2) is 11.1. The first-order valence-corrected chi connectivity index (χ1v) is 7.85. The highest BCUT2D eigenvalue weighted by molar-refractivity contribution is 5.79. The zero-order valence-corrected chi connectivity index (χ0v) is 13.6. The maximum absolute atomic E-state index is 5.66. The van der Waals surface area contributed by atoms with E-state index in [2.05, 4.69) is 41.6 Å². The molecule has 2 N–H and O–H groups in total. The van der Waals surface area contributed by atoms with Gasteiger partial charge in [0.1, 0.15) is 0 Å². The van der Waals surface area contributed by atoms with Gasteiger partial charge in [-0.15, -0.1) is 0 Å². The molecule has 0 aliphatic carbocycles. The quantitative estimate of drug-likeness (QED) is 0.418. The van der Waals surface area contributed by atoms with Crippen molar-refractivity contribution in [3.63, 3.8) is 0 Å². The lowest BCUT2D eigenvalue weighted by molar-refractivity contribution is 0.117. The van der Waals surface area contributed by atoms with Crippen LogP contribution < -0.4 is 10.6 Å². The molecule has 0 bridgehead atoms. The van der Waals surface area contributed by atoms with Crippen LogP contribution in [0.1, 0.15) is 38.7 Å². The molecule has 0 aliphatic heterocycles. The number of rotatable bonds is 9. The Bertz CT molecular complexity index is 392. The minimum Gasteiger partial charge on any atom is -0.377 e. The molecule has 0 aromatic heterocycles. The maximum atomic E-state index is 5.66. The summed E-state index contributed by atoms with van der Waals surface area (Å²) in [5.74, 6) is 0.884. The third-order valence-electron chi connectivity index (χ3n) is 3.34. The van der Waals surface area contributed by atoms with Crippen LogP contribution in [0.3, 0.4) is 0 Å². The monoisotopic (exact) mass is 291 g/mol. The van der Waals surface area contributed by atoms with Crippen molar-refractivity contribution in [1.29, 1.82) is 0 Å². The van der Waals surface area contributed by atoms with Crippen molar-refractivity contribution >= 4 is 5.96 Å². The standard InChI is InChI=1S/C17H29N3O/c1-4-15(2)20-17(18-3)19-12-8-9-13-21-14-16-10-6-5-7-11-16/h5-7,10-11,15H,4,8-9,12-14H2,1-3H3,(H2,18,19,20). The van der Waals surface area contributed by atoms with Crippen LogP contribution >= 0.6 is 0 Å². The van der Waals surface area contributed by atoms with E-state index in [4.69, 9.17) is 4.74 Å². The number of hydrogen-bond donors (Lipinski definition) is 2. The normalized spacial score (nSPS) is 13.0. The van der Waals surface area contributed by atoms with E-state index in [-0.39, 0.29) is 0 Å². The van der Waals surface area contributed by atoms with E-state index in [0.717, 1.165) is 38.4 Å². The topological polar surface area (TPSA) is 45.7 Å². The van der Waals surface area contributed by atoms with Crippen molar-refractivity contribution in [2.24, 2.45) is 4.99 Å². The predicted molar refractivity (Wildman–Crippen MR) is 89.6 cm³/mol. The molecule has 1 atom stereocenters. The second-order valence-electron chi connectivity index (χ2n) is 5.20. The Morgan fingerprint density at radius 1 is 1.24 bits per heavy atom. The molecule has 0 radical (unpaired) electrons. The van der Waals surface area contributed by atoms with Gasteiger partial charge in [0.25, 0.3) is 0 Å². The van der Waals surface area contributed by atoms with Gasteiger partial charge in [0.2, 0.25) is 0 Å². The van der Waals surface area contributed by atoms with E-state index in [1.165, 1.54) is 5.56 Å². The van der Waals surface area contributed by atoms with E-state index < -0.39 is 0 Å². The molecular weight excluding hydrogens is 262 g/mol. The summed E-state index contributed by atoms with van der Waals surface area (Å²) in [5.41, 5.74) is 1.23. The highest BCUT2D eigenvalue weighted by atomic mass is 16.5. The fourth-order valence-corrected chi connectivity index (χ4v) is 1.83. The van der Waals surface area contributed by atoms with Crippen molar-refractivity contribution in [3.05, 3.63) is 35.9 Å². The molecule has 21 heavy (non-hydrogen) atoms. The average Bonchev–Trinajstić information content (AvgIpc) is 2.53. The van der Waals surface area contributed by atoms with Crippen molar-refractivity contribution in [2.75, 3.05) is 20.2 Å². The SMILES string of the molecule is CCC(C)NC(=NC)NCCCCOCc1ccccc1. The van der Waals surface area contributed by atoms with Gasteiger partial charge in [-0.05, 0) is 31.7 Å². The number of hydrogen-bond acceptors (Lipinski definition) is 2. The van der Waals surface area contributed by atoms with Gasteiger partial charge < -0.3 is 15.4 Å². The van der Waals surface area contributed by atoms with Crippen LogP contribution in [0.15, 0.2) is 35.3 Å². The summed E-state index contributed by atoms with van der Waals surface area (Å²) in [6.45, 7) is 6.74. The van der Waals surface area contributed by atoms with Gasteiger partial charge in [0, 0.05) is 26.2 Å². The lowest BCUT2D eigenvalue weighted by Gasteiger charge is -2.16. The molecule has 4 heteroatoms.